The Morgan fingerprint density at radius 3 is 2.79 bits per heavy atom. The second-order valence-electron chi connectivity index (χ2n) is 4.38. The van der Waals surface area contributed by atoms with Crippen LogP contribution >= 0.6 is 0 Å². The number of aryl methyl sites for hydroxylation is 2. The van der Waals surface area contributed by atoms with Crippen LogP contribution in [0.5, 0.6) is 0 Å². The molecule has 19 heavy (non-hydrogen) atoms. The van der Waals surface area contributed by atoms with E-state index in [1.165, 1.54) is 0 Å². The van der Waals surface area contributed by atoms with Gasteiger partial charge in [-0.1, -0.05) is 5.16 Å². The molecular formula is C13H22N4O2. The van der Waals surface area contributed by atoms with Crippen molar-refractivity contribution in [3.8, 4) is 0 Å². The number of hydrogen-bond acceptors (Lipinski definition) is 5. The SMILES string of the molecule is CCOCCN(C)c1nc(C)cc(C)c1/C(N)=N/O. The zero-order chi connectivity index (χ0) is 14.4. The Balaban J connectivity index is 3.10. The molecule has 0 radical (unpaired) electrons. The molecule has 0 fully saturated rings. The standard InChI is InChI=1S/C13H22N4O2/c1-5-19-7-6-17(4)13-11(12(14)16-18)9(2)8-10(3)15-13/h8,18H,5-7H2,1-4H3,(H2,14,16). The van der Waals surface area contributed by atoms with Crippen molar-refractivity contribution in [1.29, 1.82) is 0 Å². The van der Waals surface area contributed by atoms with Crippen LogP contribution in [0.25, 0.3) is 0 Å². The monoisotopic (exact) mass is 266 g/mol. The van der Waals surface area contributed by atoms with Gasteiger partial charge in [0.05, 0.1) is 12.2 Å². The minimum Gasteiger partial charge on any atom is -0.409 e. The van der Waals surface area contributed by atoms with Crippen LogP contribution in [0.3, 0.4) is 0 Å². The van der Waals surface area contributed by atoms with E-state index in [0.717, 1.165) is 11.3 Å². The van der Waals surface area contributed by atoms with E-state index >= 15 is 0 Å². The largest absolute Gasteiger partial charge is 0.409 e. The number of nitrogens with two attached hydrogens (primary N) is 1. The van der Waals surface area contributed by atoms with Gasteiger partial charge < -0.3 is 20.6 Å². The summed E-state index contributed by atoms with van der Waals surface area (Å²) < 4.78 is 5.33. The summed E-state index contributed by atoms with van der Waals surface area (Å²) >= 11 is 0. The highest BCUT2D eigenvalue weighted by Gasteiger charge is 2.16. The van der Waals surface area contributed by atoms with Crippen LogP contribution < -0.4 is 10.6 Å². The Hall–Kier alpha value is -1.82. The number of pyridine rings is 1. The molecule has 0 atom stereocenters. The smallest absolute Gasteiger partial charge is 0.174 e. The molecule has 3 N–H and O–H groups in total. The summed E-state index contributed by atoms with van der Waals surface area (Å²) in [5, 5.41) is 12.0. The summed E-state index contributed by atoms with van der Waals surface area (Å²) in [6.07, 6.45) is 0. The molecule has 1 aromatic rings. The lowest BCUT2D eigenvalue weighted by molar-refractivity contribution is 0.154. The van der Waals surface area contributed by atoms with Gasteiger partial charge in [0.25, 0.3) is 0 Å². The zero-order valence-electron chi connectivity index (χ0n) is 12.0. The Labute approximate surface area is 113 Å². The highest BCUT2D eigenvalue weighted by Crippen LogP contribution is 2.21. The van der Waals surface area contributed by atoms with Crippen LogP contribution in [0.15, 0.2) is 11.2 Å². The molecule has 0 aromatic carbocycles. The summed E-state index contributed by atoms with van der Waals surface area (Å²) in [4.78, 5) is 6.43. The van der Waals surface area contributed by atoms with Gasteiger partial charge in [0.15, 0.2) is 5.84 Å². The number of likely N-dealkylation sites (N-methyl/N-ethyl adjacent to an activating group) is 1. The molecule has 6 nitrogen and oxygen atoms in total. The van der Waals surface area contributed by atoms with Gasteiger partial charge in [0, 0.05) is 25.9 Å². The fourth-order valence-corrected chi connectivity index (χ4v) is 1.91. The van der Waals surface area contributed by atoms with Gasteiger partial charge in [-0.25, -0.2) is 4.98 Å². The van der Waals surface area contributed by atoms with Crippen molar-refractivity contribution in [3.63, 3.8) is 0 Å². The molecular weight excluding hydrogens is 244 g/mol. The fourth-order valence-electron chi connectivity index (χ4n) is 1.91. The first kappa shape index (κ1) is 15.2. The summed E-state index contributed by atoms with van der Waals surface area (Å²) in [7, 11) is 1.91. The van der Waals surface area contributed by atoms with E-state index in [1.807, 2.05) is 38.8 Å². The molecule has 106 valence electrons. The van der Waals surface area contributed by atoms with E-state index in [4.69, 9.17) is 15.7 Å². The molecule has 0 unspecified atom stereocenters. The van der Waals surface area contributed by atoms with E-state index < -0.39 is 0 Å². The average Bonchev–Trinajstić information content (AvgIpc) is 2.37. The van der Waals surface area contributed by atoms with Gasteiger partial charge >= 0.3 is 0 Å². The summed E-state index contributed by atoms with van der Waals surface area (Å²) in [6.45, 7) is 7.77. The molecule has 0 saturated heterocycles. The maximum Gasteiger partial charge on any atom is 0.174 e. The third-order valence-electron chi connectivity index (χ3n) is 2.83. The van der Waals surface area contributed by atoms with Crippen molar-refractivity contribution in [2.45, 2.75) is 20.8 Å². The summed E-state index contributed by atoms with van der Waals surface area (Å²) in [6, 6.07) is 1.91. The number of ether oxygens (including phenoxy) is 1. The fraction of sp³-hybridized carbons (Fsp3) is 0.538. The first-order chi connectivity index (χ1) is 9.01. The van der Waals surface area contributed by atoms with Gasteiger partial charge in [-0.2, -0.15) is 0 Å². The second-order valence-corrected chi connectivity index (χ2v) is 4.38. The number of aromatic nitrogens is 1. The lowest BCUT2D eigenvalue weighted by Crippen LogP contribution is -2.28. The molecule has 0 amide bonds. The van der Waals surface area contributed by atoms with Gasteiger partial charge in [-0.05, 0) is 32.4 Å². The topological polar surface area (TPSA) is 84.0 Å². The van der Waals surface area contributed by atoms with Gasteiger partial charge in [0.1, 0.15) is 5.82 Å². The Kier molecular flexibility index (Phi) is 5.57. The summed E-state index contributed by atoms with van der Waals surface area (Å²) in [5.41, 5.74) is 8.23. The third-order valence-corrected chi connectivity index (χ3v) is 2.83. The first-order valence-corrected chi connectivity index (χ1v) is 6.26. The average molecular weight is 266 g/mol. The predicted molar refractivity (Wildman–Crippen MR) is 76.0 cm³/mol. The lowest BCUT2D eigenvalue weighted by Gasteiger charge is -2.22. The molecule has 1 rings (SSSR count). The summed E-state index contributed by atoms with van der Waals surface area (Å²) in [5.74, 6) is 0.774. The second kappa shape index (κ2) is 6.94. The maximum atomic E-state index is 8.89. The van der Waals surface area contributed by atoms with E-state index in [9.17, 15) is 0 Å². The van der Waals surface area contributed by atoms with Crippen molar-refractivity contribution < 1.29 is 9.94 Å². The highest BCUT2D eigenvalue weighted by molar-refractivity contribution is 6.02. The normalized spacial score (nSPS) is 11.7. The van der Waals surface area contributed by atoms with Gasteiger partial charge in [-0.15, -0.1) is 0 Å². The Morgan fingerprint density at radius 1 is 1.53 bits per heavy atom. The van der Waals surface area contributed by atoms with E-state index in [2.05, 4.69) is 10.1 Å². The van der Waals surface area contributed by atoms with Crippen molar-refractivity contribution in [2.75, 3.05) is 31.7 Å². The van der Waals surface area contributed by atoms with Crippen LogP contribution in [0.4, 0.5) is 5.82 Å². The first-order valence-electron chi connectivity index (χ1n) is 6.26. The number of amidine groups is 1. The van der Waals surface area contributed by atoms with E-state index in [0.29, 0.717) is 31.1 Å². The highest BCUT2D eigenvalue weighted by atomic mass is 16.5. The zero-order valence-corrected chi connectivity index (χ0v) is 12.0. The van der Waals surface area contributed by atoms with Gasteiger partial charge in [0.2, 0.25) is 0 Å². The Morgan fingerprint density at radius 2 is 2.21 bits per heavy atom. The van der Waals surface area contributed by atoms with Crippen LogP contribution in [0.2, 0.25) is 0 Å². The molecule has 0 saturated carbocycles. The molecule has 0 aliphatic rings. The number of rotatable bonds is 6. The minimum absolute atomic E-state index is 0.0725. The molecule has 6 heteroatoms. The molecule has 0 aliphatic heterocycles. The number of nitrogens with zero attached hydrogens (tertiary/aromatic N) is 3. The molecule has 0 aliphatic carbocycles. The third kappa shape index (κ3) is 3.82. The van der Waals surface area contributed by atoms with E-state index in [-0.39, 0.29) is 5.84 Å². The van der Waals surface area contributed by atoms with Crippen molar-refractivity contribution in [3.05, 3.63) is 22.9 Å². The van der Waals surface area contributed by atoms with E-state index in [1.54, 1.807) is 0 Å². The van der Waals surface area contributed by atoms with Crippen molar-refractivity contribution in [1.82, 2.24) is 4.98 Å². The maximum absolute atomic E-state index is 8.89. The molecule has 0 bridgehead atoms. The lowest BCUT2D eigenvalue weighted by atomic mass is 10.1. The quantitative estimate of drug-likeness (QED) is 0.266. The molecule has 0 spiro atoms. The number of oxime groups is 1. The van der Waals surface area contributed by atoms with Crippen LogP contribution in [-0.2, 0) is 4.74 Å². The number of anilines is 1. The van der Waals surface area contributed by atoms with Crippen LogP contribution in [0, 0.1) is 13.8 Å². The van der Waals surface area contributed by atoms with Crippen LogP contribution in [-0.4, -0.2) is 42.8 Å². The predicted octanol–water partition coefficient (Wildman–Crippen LogP) is 1.27. The van der Waals surface area contributed by atoms with Crippen LogP contribution in [0.1, 0.15) is 23.7 Å². The molecule has 1 heterocycles. The number of hydrogen-bond donors (Lipinski definition) is 2. The van der Waals surface area contributed by atoms with Crippen molar-refractivity contribution >= 4 is 11.7 Å². The Bertz CT molecular complexity index is 460. The van der Waals surface area contributed by atoms with Gasteiger partial charge in [-0.3, -0.25) is 0 Å². The molecule has 1 aromatic heterocycles. The minimum atomic E-state index is 0.0725. The van der Waals surface area contributed by atoms with Crippen molar-refractivity contribution in [2.24, 2.45) is 10.9 Å².